The smallest absolute Gasteiger partial charge is 0.0999 e. The first-order chi connectivity index (χ1) is 16.1. The lowest BCUT2D eigenvalue weighted by Crippen LogP contribution is -2.18. The molecule has 3 aromatic heterocycles. The van der Waals surface area contributed by atoms with E-state index in [9.17, 15) is 5.26 Å². The van der Waals surface area contributed by atoms with Gasteiger partial charge in [-0.05, 0) is 50.1 Å². The van der Waals surface area contributed by atoms with Crippen LogP contribution in [0.5, 0.6) is 0 Å². The van der Waals surface area contributed by atoms with Gasteiger partial charge < -0.3 is 4.90 Å². The van der Waals surface area contributed by atoms with E-state index in [0.717, 1.165) is 65.8 Å². The number of aromatic nitrogens is 5. The Kier molecular flexibility index (Phi) is 5.76. The molecular formula is C26H27N7. The van der Waals surface area contributed by atoms with Gasteiger partial charge in [0, 0.05) is 36.3 Å². The Morgan fingerprint density at radius 2 is 1.91 bits per heavy atom. The number of nitrogens with zero attached hydrogens (tertiary/aromatic N) is 7. The van der Waals surface area contributed by atoms with Crippen molar-refractivity contribution in [1.82, 2.24) is 29.3 Å². The van der Waals surface area contributed by atoms with Gasteiger partial charge in [0.2, 0.25) is 0 Å². The molecule has 7 nitrogen and oxygen atoms in total. The number of likely N-dealkylation sites (N-methyl/N-ethyl adjacent to an activating group) is 1. The van der Waals surface area contributed by atoms with Crippen LogP contribution in [0.1, 0.15) is 25.0 Å². The minimum Gasteiger partial charge on any atom is -0.308 e. The van der Waals surface area contributed by atoms with Crippen LogP contribution in [-0.4, -0.2) is 49.9 Å². The minimum absolute atomic E-state index is 0.109. The molecule has 3 heterocycles. The zero-order valence-electron chi connectivity index (χ0n) is 19.0. The van der Waals surface area contributed by atoms with Gasteiger partial charge in [-0.3, -0.25) is 9.67 Å². The number of hydrogen-bond donors (Lipinski definition) is 0. The maximum absolute atomic E-state index is 9.22. The van der Waals surface area contributed by atoms with Crippen LogP contribution in [0.4, 0.5) is 0 Å². The van der Waals surface area contributed by atoms with Crippen LogP contribution in [0.2, 0.25) is 0 Å². The molecule has 1 unspecified atom stereocenters. The summed E-state index contributed by atoms with van der Waals surface area (Å²) in [5.41, 5.74) is 7.61. The van der Waals surface area contributed by atoms with Crippen molar-refractivity contribution >= 4 is 11.1 Å². The van der Waals surface area contributed by atoms with Gasteiger partial charge in [0.15, 0.2) is 0 Å². The fraction of sp³-hybridized carbons (Fsp3) is 0.308. The van der Waals surface area contributed by atoms with Crippen molar-refractivity contribution in [2.75, 3.05) is 20.6 Å². The zero-order valence-corrected chi connectivity index (χ0v) is 19.0. The third-order valence-corrected chi connectivity index (χ3v) is 6.27. The van der Waals surface area contributed by atoms with Gasteiger partial charge in [0.05, 0.1) is 42.1 Å². The average Bonchev–Trinajstić information content (AvgIpc) is 3.50. The Labute approximate surface area is 193 Å². The predicted molar refractivity (Wildman–Crippen MR) is 129 cm³/mol. The number of benzene rings is 1. The molecule has 33 heavy (non-hydrogen) atoms. The normalized spacial score (nSPS) is 16.2. The molecule has 1 atom stereocenters. The quantitative estimate of drug-likeness (QED) is 0.443. The highest BCUT2D eigenvalue weighted by Crippen LogP contribution is 2.35. The molecule has 0 aliphatic heterocycles. The third kappa shape index (κ3) is 4.30. The number of nitriles is 1. The Bertz CT molecular complexity index is 1340. The third-order valence-electron chi connectivity index (χ3n) is 6.27. The molecule has 1 aliphatic rings. The highest BCUT2D eigenvalue weighted by molar-refractivity contribution is 5.89. The van der Waals surface area contributed by atoms with Gasteiger partial charge >= 0.3 is 0 Å². The van der Waals surface area contributed by atoms with Gasteiger partial charge in [0.1, 0.15) is 0 Å². The maximum atomic E-state index is 9.22. The Balaban J connectivity index is 1.45. The lowest BCUT2D eigenvalue weighted by atomic mass is 9.88. The van der Waals surface area contributed by atoms with E-state index in [2.05, 4.69) is 71.8 Å². The Morgan fingerprint density at radius 1 is 1.09 bits per heavy atom. The predicted octanol–water partition coefficient (Wildman–Crippen LogP) is 4.53. The molecule has 0 spiro atoms. The SMILES string of the molecule is CN(C)CCn1cc(-c2ccc(-c3cnn4ccnc(C5=CCC(C#N)CC5)c34)cc2)cn1. The molecule has 0 N–H and O–H groups in total. The zero-order chi connectivity index (χ0) is 22.8. The van der Waals surface area contributed by atoms with Crippen molar-refractivity contribution in [3.05, 3.63) is 67.0 Å². The largest absolute Gasteiger partial charge is 0.308 e. The molecule has 7 heteroatoms. The van der Waals surface area contributed by atoms with Gasteiger partial charge in [-0.2, -0.15) is 15.5 Å². The summed E-state index contributed by atoms with van der Waals surface area (Å²) in [7, 11) is 4.14. The van der Waals surface area contributed by atoms with Crippen LogP contribution in [-0.2, 0) is 6.54 Å². The Hall–Kier alpha value is -3.76. The van der Waals surface area contributed by atoms with E-state index < -0.39 is 0 Å². The molecule has 0 fully saturated rings. The van der Waals surface area contributed by atoms with E-state index >= 15 is 0 Å². The number of allylic oxidation sites excluding steroid dienone is 2. The minimum atomic E-state index is 0.109. The summed E-state index contributed by atoms with van der Waals surface area (Å²) in [5, 5.41) is 18.3. The second kappa shape index (κ2) is 9.00. The van der Waals surface area contributed by atoms with Gasteiger partial charge in [-0.25, -0.2) is 4.52 Å². The summed E-state index contributed by atoms with van der Waals surface area (Å²) in [5.74, 6) is 0.109. The highest BCUT2D eigenvalue weighted by Gasteiger charge is 2.20. The first kappa shape index (κ1) is 21.1. The van der Waals surface area contributed by atoms with Gasteiger partial charge in [0.25, 0.3) is 0 Å². The maximum Gasteiger partial charge on any atom is 0.0999 e. The molecule has 4 aromatic rings. The van der Waals surface area contributed by atoms with Crippen molar-refractivity contribution < 1.29 is 0 Å². The molecule has 0 radical (unpaired) electrons. The van der Waals surface area contributed by atoms with E-state index in [4.69, 9.17) is 4.98 Å². The fourth-order valence-corrected chi connectivity index (χ4v) is 4.34. The number of hydrogen-bond acceptors (Lipinski definition) is 5. The molecule has 0 saturated carbocycles. The van der Waals surface area contributed by atoms with Crippen LogP contribution < -0.4 is 0 Å². The molecule has 1 aliphatic carbocycles. The molecule has 5 rings (SSSR count). The van der Waals surface area contributed by atoms with E-state index in [1.165, 1.54) is 5.57 Å². The standard InChI is InChI=1S/C26H27N7/c1-31(2)13-14-32-18-23(16-29-32)20-7-9-21(10-8-20)24-17-30-33-12-11-28-25(26(24)33)22-5-3-19(15-27)4-6-22/h5,7-12,16-19H,3-4,6,13-14H2,1-2H3. The fourth-order valence-electron chi connectivity index (χ4n) is 4.34. The molecular weight excluding hydrogens is 410 g/mol. The highest BCUT2D eigenvalue weighted by atomic mass is 15.3. The van der Waals surface area contributed by atoms with Crippen molar-refractivity contribution in [3.8, 4) is 28.3 Å². The molecule has 0 amide bonds. The van der Waals surface area contributed by atoms with Gasteiger partial charge in [-0.1, -0.05) is 30.3 Å². The number of rotatable bonds is 6. The summed E-state index contributed by atoms with van der Waals surface area (Å²) in [6.07, 6.45) is 14.3. The van der Waals surface area contributed by atoms with Crippen LogP contribution in [0.25, 0.3) is 33.3 Å². The van der Waals surface area contributed by atoms with Crippen molar-refractivity contribution in [1.29, 1.82) is 5.26 Å². The summed E-state index contributed by atoms with van der Waals surface area (Å²) < 4.78 is 3.89. The van der Waals surface area contributed by atoms with Gasteiger partial charge in [-0.15, -0.1) is 0 Å². The van der Waals surface area contributed by atoms with E-state index in [1.54, 1.807) is 6.20 Å². The second-order valence-electron chi connectivity index (χ2n) is 8.83. The second-order valence-corrected chi connectivity index (χ2v) is 8.83. The van der Waals surface area contributed by atoms with Crippen LogP contribution in [0.15, 0.2) is 61.3 Å². The van der Waals surface area contributed by atoms with Crippen molar-refractivity contribution in [2.24, 2.45) is 5.92 Å². The van der Waals surface area contributed by atoms with Crippen molar-refractivity contribution in [3.63, 3.8) is 0 Å². The monoisotopic (exact) mass is 437 g/mol. The number of fused-ring (bicyclic) bond motifs is 1. The summed E-state index contributed by atoms with van der Waals surface area (Å²) in [6.45, 7) is 1.83. The summed E-state index contributed by atoms with van der Waals surface area (Å²) in [6, 6.07) is 10.9. The molecule has 1 aromatic carbocycles. The molecule has 0 bridgehead atoms. The first-order valence-electron chi connectivity index (χ1n) is 11.3. The lowest BCUT2D eigenvalue weighted by Gasteiger charge is -2.17. The Morgan fingerprint density at radius 3 is 2.64 bits per heavy atom. The summed E-state index contributed by atoms with van der Waals surface area (Å²) in [4.78, 5) is 6.86. The lowest BCUT2D eigenvalue weighted by molar-refractivity contribution is 0.373. The topological polar surface area (TPSA) is 75.0 Å². The first-order valence-corrected chi connectivity index (χ1v) is 11.3. The van der Waals surface area contributed by atoms with E-state index in [0.29, 0.717) is 0 Å². The van der Waals surface area contributed by atoms with Crippen LogP contribution in [0.3, 0.4) is 0 Å². The van der Waals surface area contributed by atoms with Crippen LogP contribution in [0, 0.1) is 17.2 Å². The van der Waals surface area contributed by atoms with E-state index in [-0.39, 0.29) is 5.92 Å². The summed E-state index contributed by atoms with van der Waals surface area (Å²) >= 11 is 0. The average molecular weight is 438 g/mol. The van der Waals surface area contributed by atoms with Crippen molar-refractivity contribution in [2.45, 2.75) is 25.8 Å². The van der Waals surface area contributed by atoms with E-state index in [1.807, 2.05) is 27.8 Å². The van der Waals surface area contributed by atoms with Crippen LogP contribution >= 0.6 is 0 Å². The molecule has 0 saturated heterocycles. The molecule has 166 valence electrons.